The van der Waals surface area contributed by atoms with E-state index >= 15 is 0 Å². The van der Waals surface area contributed by atoms with E-state index in [1.807, 2.05) is 31.2 Å². The fourth-order valence-corrected chi connectivity index (χ4v) is 3.31. The summed E-state index contributed by atoms with van der Waals surface area (Å²) in [5.74, 6) is 0.528. The quantitative estimate of drug-likeness (QED) is 0.566. The molecule has 0 spiro atoms. The van der Waals surface area contributed by atoms with Crippen LogP contribution in [0.15, 0.2) is 66.7 Å². The number of benzene rings is 3. The molecular weight excluding hydrogens is 364 g/mol. The summed E-state index contributed by atoms with van der Waals surface area (Å²) in [7, 11) is 1.58. The first-order valence-electron chi connectivity index (χ1n) is 9.78. The summed E-state index contributed by atoms with van der Waals surface area (Å²) in [6.07, 6.45) is 0.938. The van der Waals surface area contributed by atoms with Crippen LogP contribution in [0.2, 0.25) is 0 Å². The highest BCUT2D eigenvalue weighted by atomic mass is 16.5. The average molecular weight is 390 g/mol. The lowest BCUT2D eigenvalue weighted by atomic mass is 9.99. The van der Waals surface area contributed by atoms with Gasteiger partial charge in [-0.05, 0) is 53.9 Å². The number of methoxy groups -OCH3 is 1. The second-order valence-corrected chi connectivity index (χ2v) is 6.95. The Morgan fingerprint density at radius 3 is 2.45 bits per heavy atom. The molecule has 150 valence electrons. The highest BCUT2D eigenvalue weighted by Gasteiger charge is 2.12. The van der Waals surface area contributed by atoms with Gasteiger partial charge in [0.15, 0.2) is 0 Å². The minimum atomic E-state index is -0.155. The van der Waals surface area contributed by atoms with E-state index in [0.717, 1.165) is 16.3 Å². The lowest BCUT2D eigenvalue weighted by Gasteiger charge is -2.16. The SMILES string of the molecule is COc1ccc(C(=O)NCCCC(=O)NC(C)c2cccc3ccccc23)cc1. The molecule has 5 heteroatoms. The number of hydrogen-bond acceptors (Lipinski definition) is 3. The lowest BCUT2D eigenvalue weighted by molar-refractivity contribution is -0.121. The third-order valence-electron chi connectivity index (χ3n) is 4.89. The Morgan fingerprint density at radius 2 is 1.69 bits per heavy atom. The summed E-state index contributed by atoms with van der Waals surface area (Å²) in [4.78, 5) is 24.4. The van der Waals surface area contributed by atoms with Crippen molar-refractivity contribution in [3.63, 3.8) is 0 Å². The lowest BCUT2D eigenvalue weighted by Crippen LogP contribution is -2.29. The van der Waals surface area contributed by atoms with Crippen LogP contribution in [0.25, 0.3) is 10.8 Å². The van der Waals surface area contributed by atoms with E-state index in [9.17, 15) is 9.59 Å². The molecule has 0 fully saturated rings. The first-order valence-corrected chi connectivity index (χ1v) is 9.78. The van der Waals surface area contributed by atoms with E-state index in [-0.39, 0.29) is 17.9 Å². The summed E-state index contributed by atoms with van der Waals surface area (Å²) in [5.41, 5.74) is 1.67. The molecule has 0 aliphatic carbocycles. The highest BCUT2D eigenvalue weighted by Crippen LogP contribution is 2.24. The normalized spacial score (nSPS) is 11.7. The maximum absolute atomic E-state index is 12.3. The Labute approximate surface area is 171 Å². The Bertz CT molecular complexity index is 978. The van der Waals surface area contributed by atoms with Gasteiger partial charge in [-0.1, -0.05) is 42.5 Å². The topological polar surface area (TPSA) is 67.4 Å². The van der Waals surface area contributed by atoms with Crippen molar-refractivity contribution in [1.82, 2.24) is 10.6 Å². The van der Waals surface area contributed by atoms with Gasteiger partial charge in [-0.2, -0.15) is 0 Å². The summed E-state index contributed by atoms with van der Waals surface area (Å²) in [5, 5.41) is 8.20. The molecule has 5 nitrogen and oxygen atoms in total. The van der Waals surface area contributed by atoms with Crippen molar-refractivity contribution in [2.75, 3.05) is 13.7 Å². The van der Waals surface area contributed by atoms with Crippen molar-refractivity contribution >= 4 is 22.6 Å². The number of fused-ring (bicyclic) bond motifs is 1. The summed E-state index contributed by atoms with van der Waals surface area (Å²) in [6.45, 7) is 2.44. The van der Waals surface area contributed by atoms with Gasteiger partial charge in [-0.25, -0.2) is 0 Å². The van der Waals surface area contributed by atoms with Crippen LogP contribution >= 0.6 is 0 Å². The molecule has 0 saturated heterocycles. The molecule has 0 saturated carbocycles. The third-order valence-corrected chi connectivity index (χ3v) is 4.89. The van der Waals surface area contributed by atoms with Crippen molar-refractivity contribution in [2.45, 2.75) is 25.8 Å². The van der Waals surface area contributed by atoms with Crippen molar-refractivity contribution in [1.29, 1.82) is 0 Å². The molecule has 0 heterocycles. The maximum atomic E-state index is 12.3. The predicted octanol–water partition coefficient (Wildman–Crippen LogP) is 4.24. The molecule has 2 N–H and O–H groups in total. The van der Waals surface area contributed by atoms with Crippen LogP contribution in [-0.2, 0) is 4.79 Å². The van der Waals surface area contributed by atoms with E-state index in [2.05, 4.69) is 28.8 Å². The summed E-state index contributed by atoms with van der Waals surface area (Å²) >= 11 is 0. The largest absolute Gasteiger partial charge is 0.497 e. The van der Waals surface area contributed by atoms with Crippen molar-refractivity contribution in [2.24, 2.45) is 0 Å². The van der Waals surface area contributed by atoms with Gasteiger partial charge in [0.2, 0.25) is 5.91 Å². The number of carbonyl (C=O) groups excluding carboxylic acids is 2. The van der Waals surface area contributed by atoms with Crippen LogP contribution in [0.3, 0.4) is 0 Å². The van der Waals surface area contributed by atoms with Gasteiger partial charge in [0.25, 0.3) is 5.91 Å². The predicted molar refractivity (Wildman–Crippen MR) is 115 cm³/mol. The zero-order valence-electron chi connectivity index (χ0n) is 16.8. The van der Waals surface area contributed by atoms with Gasteiger partial charge in [-0.3, -0.25) is 9.59 Å². The molecule has 0 aromatic heterocycles. The van der Waals surface area contributed by atoms with E-state index in [1.165, 1.54) is 0 Å². The Kier molecular flexibility index (Phi) is 6.85. The van der Waals surface area contributed by atoms with Gasteiger partial charge < -0.3 is 15.4 Å². The molecule has 3 aromatic carbocycles. The van der Waals surface area contributed by atoms with E-state index in [1.54, 1.807) is 31.4 Å². The van der Waals surface area contributed by atoms with Crippen molar-refractivity contribution < 1.29 is 14.3 Å². The van der Waals surface area contributed by atoms with Gasteiger partial charge in [-0.15, -0.1) is 0 Å². The number of amides is 2. The smallest absolute Gasteiger partial charge is 0.251 e. The van der Waals surface area contributed by atoms with Gasteiger partial charge in [0.1, 0.15) is 5.75 Å². The standard InChI is InChI=1S/C24H26N2O3/c1-17(21-10-5-8-18-7-3-4-9-22(18)21)26-23(27)11-6-16-25-24(28)19-12-14-20(29-2)15-13-19/h3-5,7-10,12-15,17H,6,11,16H2,1-2H3,(H,25,28)(H,26,27). The number of nitrogens with one attached hydrogen (secondary N) is 2. The molecular formula is C24H26N2O3. The second kappa shape index (κ2) is 9.73. The number of rotatable bonds is 8. The molecule has 29 heavy (non-hydrogen) atoms. The minimum Gasteiger partial charge on any atom is -0.497 e. The molecule has 1 atom stereocenters. The first kappa shape index (κ1) is 20.4. The number of ether oxygens (including phenoxy) is 1. The monoisotopic (exact) mass is 390 g/mol. The molecule has 0 bridgehead atoms. The average Bonchev–Trinajstić information content (AvgIpc) is 2.76. The fourth-order valence-electron chi connectivity index (χ4n) is 3.31. The third kappa shape index (κ3) is 5.35. The van der Waals surface area contributed by atoms with Gasteiger partial charge in [0, 0.05) is 18.5 Å². The minimum absolute atomic E-state index is 0.0240. The zero-order chi connectivity index (χ0) is 20.6. The van der Waals surface area contributed by atoms with Crippen LogP contribution in [0.1, 0.15) is 41.7 Å². The van der Waals surface area contributed by atoms with Crippen molar-refractivity contribution in [3.8, 4) is 5.75 Å². The van der Waals surface area contributed by atoms with Gasteiger partial charge in [0.05, 0.1) is 13.2 Å². The van der Waals surface area contributed by atoms with E-state index in [0.29, 0.717) is 30.7 Å². The Balaban J connectivity index is 1.45. The van der Waals surface area contributed by atoms with Gasteiger partial charge >= 0.3 is 0 Å². The molecule has 0 aliphatic rings. The van der Waals surface area contributed by atoms with Crippen LogP contribution in [-0.4, -0.2) is 25.5 Å². The maximum Gasteiger partial charge on any atom is 0.251 e. The first-order chi connectivity index (χ1) is 14.1. The Morgan fingerprint density at radius 1 is 0.966 bits per heavy atom. The molecule has 0 aliphatic heterocycles. The molecule has 3 rings (SSSR count). The van der Waals surface area contributed by atoms with Crippen LogP contribution < -0.4 is 15.4 Å². The number of hydrogen-bond donors (Lipinski definition) is 2. The molecule has 3 aromatic rings. The summed E-state index contributed by atoms with van der Waals surface area (Å²) in [6, 6.07) is 21.1. The molecule has 2 amide bonds. The van der Waals surface area contributed by atoms with E-state index < -0.39 is 0 Å². The van der Waals surface area contributed by atoms with Crippen LogP contribution in [0.5, 0.6) is 5.75 Å². The number of carbonyl (C=O) groups is 2. The Hall–Kier alpha value is -3.34. The highest BCUT2D eigenvalue weighted by molar-refractivity contribution is 5.94. The second-order valence-electron chi connectivity index (χ2n) is 6.95. The molecule has 1 unspecified atom stereocenters. The van der Waals surface area contributed by atoms with Crippen LogP contribution in [0, 0.1) is 0 Å². The molecule has 0 radical (unpaired) electrons. The summed E-state index contributed by atoms with van der Waals surface area (Å²) < 4.78 is 5.08. The van der Waals surface area contributed by atoms with Crippen LogP contribution in [0.4, 0.5) is 0 Å². The van der Waals surface area contributed by atoms with Crippen molar-refractivity contribution in [3.05, 3.63) is 77.9 Å². The fraction of sp³-hybridized carbons (Fsp3) is 0.250. The zero-order valence-corrected chi connectivity index (χ0v) is 16.8. The van der Waals surface area contributed by atoms with E-state index in [4.69, 9.17) is 4.74 Å².